The van der Waals surface area contributed by atoms with Crippen LogP contribution in [0, 0.1) is 19.8 Å². The van der Waals surface area contributed by atoms with E-state index in [1.165, 1.54) is 0 Å². The Labute approximate surface area is 216 Å². The minimum Gasteiger partial charge on any atom is -0.497 e. The number of carbonyl (C=O) groups is 3. The number of nitrogens with zero attached hydrogens (tertiary/aromatic N) is 1. The summed E-state index contributed by atoms with van der Waals surface area (Å²) in [4.78, 5) is 39.1. The molecule has 3 aromatic rings. The lowest BCUT2D eigenvalue weighted by atomic mass is 10.1. The third-order valence-electron chi connectivity index (χ3n) is 6.15. The molecule has 37 heavy (non-hydrogen) atoms. The van der Waals surface area contributed by atoms with Crippen LogP contribution in [0.2, 0.25) is 0 Å². The Hall–Kier alpha value is -4.33. The summed E-state index contributed by atoms with van der Waals surface area (Å²) in [6.45, 7) is 4.51. The van der Waals surface area contributed by atoms with Crippen LogP contribution in [0.3, 0.4) is 0 Å². The van der Waals surface area contributed by atoms with E-state index in [1.807, 2.05) is 56.3 Å². The van der Waals surface area contributed by atoms with E-state index in [4.69, 9.17) is 9.47 Å². The molecule has 8 nitrogen and oxygen atoms in total. The Morgan fingerprint density at radius 2 is 1.59 bits per heavy atom. The molecule has 1 aliphatic rings. The Bertz CT molecular complexity index is 1250. The van der Waals surface area contributed by atoms with Gasteiger partial charge in [0.25, 0.3) is 5.91 Å². The van der Waals surface area contributed by atoms with Crippen molar-refractivity contribution in [3.05, 3.63) is 83.4 Å². The molecule has 0 aliphatic carbocycles. The van der Waals surface area contributed by atoms with Crippen molar-refractivity contribution in [2.24, 2.45) is 5.92 Å². The summed E-state index contributed by atoms with van der Waals surface area (Å²) in [7, 11) is 1.60. The molecule has 0 aromatic heterocycles. The predicted octanol–water partition coefficient (Wildman–Crippen LogP) is 4.00. The molecule has 0 radical (unpaired) electrons. The lowest BCUT2D eigenvalue weighted by Gasteiger charge is -2.17. The van der Waals surface area contributed by atoms with Crippen LogP contribution in [0.4, 0.5) is 11.4 Å². The highest BCUT2D eigenvalue weighted by Crippen LogP contribution is 2.27. The normalized spacial score (nSPS) is 14.8. The first-order valence-electron chi connectivity index (χ1n) is 12.1. The molecule has 1 fully saturated rings. The molecule has 0 saturated carbocycles. The van der Waals surface area contributed by atoms with Gasteiger partial charge in [-0.05, 0) is 79.1 Å². The summed E-state index contributed by atoms with van der Waals surface area (Å²) in [5.74, 6) is 0.333. The van der Waals surface area contributed by atoms with Crippen molar-refractivity contribution in [2.45, 2.75) is 26.8 Å². The molecule has 8 heteroatoms. The van der Waals surface area contributed by atoms with Gasteiger partial charge in [-0.3, -0.25) is 14.4 Å². The highest BCUT2D eigenvalue weighted by molar-refractivity contribution is 6.00. The number of benzene rings is 3. The van der Waals surface area contributed by atoms with E-state index in [0.717, 1.165) is 28.1 Å². The largest absolute Gasteiger partial charge is 0.497 e. The maximum atomic E-state index is 12.7. The van der Waals surface area contributed by atoms with E-state index in [0.29, 0.717) is 24.5 Å². The summed E-state index contributed by atoms with van der Waals surface area (Å²) in [6, 6.07) is 20.2. The van der Waals surface area contributed by atoms with Crippen LogP contribution in [0.25, 0.3) is 0 Å². The SMILES string of the molecule is COc1ccc(CNC(=O)[C@@H]2CC(=O)N(c3ccc(OCC(=O)Nc4cc(C)cc(C)c4)cc3)C2)cc1. The van der Waals surface area contributed by atoms with Gasteiger partial charge in [-0.1, -0.05) is 18.2 Å². The molecule has 192 valence electrons. The quantitative estimate of drug-likeness (QED) is 0.462. The van der Waals surface area contributed by atoms with Gasteiger partial charge in [0.2, 0.25) is 11.8 Å². The maximum absolute atomic E-state index is 12.7. The summed E-state index contributed by atoms with van der Waals surface area (Å²) < 4.78 is 10.8. The predicted molar refractivity (Wildman–Crippen MR) is 142 cm³/mol. The van der Waals surface area contributed by atoms with E-state index >= 15 is 0 Å². The average molecular weight is 502 g/mol. The zero-order valence-corrected chi connectivity index (χ0v) is 21.2. The van der Waals surface area contributed by atoms with Crippen LogP contribution in [0.15, 0.2) is 66.7 Å². The van der Waals surface area contributed by atoms with E-state index in [9.17, 15) is 14.4 Å². The highest BCUT2D eigenvalue weighted by Gasteiger charge is 2.35. The minimum atomic E-state index is -0.421. The Morgan fingerprint density at radius 1 is 0.946 bits per heavy atom. The van der Waals surface area contributed by atoms with Crippen LogP contribution in [0.5, 0.6) is 11.5 Å². The smallest absolute Gasteiger partial charge is 0.262 e. The molecule has 3 aromatic carbocycles. The fourth-order valence-corrected chi connectivity index (χ4v) is 4.32. The molecule has 0 unspecified atom stereocenters. The second-order valence-corrected chi connectivity index (χ2v) is 9.18. The molecule has 0 bridgehead atoms. The van der Waals surface area contributed by atoms with Crippen LogP contribution < -0.4 is 25.0 Å². The number of rotatable bonds is 9. The Balaban J connectivity index is 1.26. The van der Waals surface area contributed by atoms with Gasteiger partial charge >= 0.3 is 0 Å². The lowest BCUT2D eigenvalue weighted by molar-refractivity contribution is -0.126. The van der Waals surface area contributed by atoms with Crippen molar-refractivity contribution in [3.63, 3.8) is 0 Å². The first-order valence-corrected chi connectivity index (χ1v) is 12.1. The fourth-order valence-electron chi connectivity index (χ4n) is 4.32. The summed E-state index contributed by atoms with van der Waals surface area (Å²) in [6.07, 6.45) is 0.158. The molecule has 2 N–H and O–H groups in total. The number of ether oxygens (including phenoxy) is 2. The van der Waals surface area contributed by atoms with Gasteiger partial charge in [0.05, 0.1) is 13.0 Å². The Kier molecular flexibility index (Phi) is 8.08. The fraction of sp³-hybridized carbons (Fsp3) is 0.276. The van der Waals surface area contributed by atoms with Crippen LogP contribution in [-0.2, 0) is 20.9 Å². The van der Waals surface area contributed by atoms with Gasteiger partial charge < -0.3 is 25.0 Å². The number of hydrogen-bond donors (Lipinski definition) is 2. The highest BCUT2D eigenvalue weighted by atomic mass is 16.5. The molecule has 0 spiro atoms. The molecular weight excluding hydrogens is 470 g/mol. The second kappa shape index (κ2) is 11.6. The van der Waals surface area contributed by atoms with Gasteiger partial charge in [0.1, 0.15) is 11.5 Å². The number of amides is 3. The number of hydrogen-bond acceptors (Lipinski definition) is 5. The van der Waals surface area contributed by atoms with E-state index in [2.05, 4.69) is 10.6 Å². The third kappa shape index (κ3) is 6.88. The molecular formula is C29H31N3O5. The lowest BCUT2D eigenvalue weighted by Crippen LogP contribution is -2.32. The number of anilines is 2. The zero-order chi connectivity index (χ0) is 26.4. The van der Waals surface area contributed by atoms with Gasteiger partial charge in [0, 0.05) is 30.9 Å². The van der Waals surface area contributed by atoms with E-state index in [1.54, 1.807) is 36.3 Å². The first-order chi connectivity index (χ1) is 17.8. The topological polar surface area (TPSA) is 97.0 Å². The van der Waals surface area contributed by atoms with Gasteiger partial charge in [-0.15, -0.1) is 0 Å². The van der Waals surface area contributed by atoms with Crippen LogP contribution in [0.1, 0.15) is 23.1 Å². The van der Waals surface area contributed by atoms with E-state index < -0.39 is 5.92 Å². The molecule has 4 rings (SSSR count). The summed E-state index contributed by atoms with van der Waals surface area (Å²) in [5, 5.41) is 5.75. The third-order valence-corrected chi connectivity index (χ3v) is 6.15. The van der Waals surface area contributed by atoms with Crippen molar-refractivity contribution < 1.29 is 23.9 Å². The van der Waals surface area contributed by atoms with Gasteiger partial charge in [-0.2, -0.15) is 0 Å². The zero-order valence-electron chi connectivity index (χ0n) is 21.2. The molecule has 1 atom stereocenters. The standard InChI is InChI=1S/C29H31N3O5/c1-19-12-20(2)14-23(13-19)31-27(33)18-37-26-10-6-24(7-11-26)32-17-22(15-28(32)34)29(35)30-16-21-4-8-25(36-3)9-5-21/h4-14,22H,15-18H2,1-3H3,(H,30,35)(H,31,33)/t22-/m1/s1. The molecule has 3 amide bonds. The van der Waals surface area contributed by atoms with Crippen molar-refractivity contribution in [3.8, 4) is 11.5 Å². The molecule has 1 aliphatic heterocycles. The molecule has 1 heterocycles. The first kappa shape index (κ1) is 25.8. The Morgan fingerprint density at radius 3 is 2.24 bits per heavy atom. The summed E-state index contributed by atoms with van der Waals surface area (Å²) >= 11 is 0. The van der Waals surface area contributed by atoms with Crippen LogP contribution >= 0.6 is 0 Å². The van der Waals surface area contributed by atoms with Crippen molar-refractivity contribution in [1.82, 2.24) is 5.32 Å². The number of nitrogens with one attached hydrogen (secondary N) is 2. The average Bonchev–Trinajstić information content (AvgIpc) is 3.27. The summed E-state index contributed by atoms with van der Waals surface area (Å²) in [5.41, 5.74) is 4.51. The minimum absolute atomic E-state index is 0.105. The number of methoxy groups -OCH3 is 1. The van der Waals surface area contributed by atoms with Crippen LogP contribution in [-0.4, -0.2) is 38.0 Å². The number of aryl methyl sites for hydroxylation is 2. The van der Waals surface area contributed by atoms with Gasteiger partial charge in [-0.25, -0.2) is 0 Å². The monoisotopic (exact) mass is 501 g/mol. The van der Waals surface area contributed by atoms with E-state index in [-0.39, 0.29) is 30.7 Å². The van der Waals surface area contributed by atoms with Gasteiger partial charge in [0.15, 0.2) is 6.61 Å². The van der Waals surface area contributed by atoms with Crippen molar-refractivity contribution in [2.75, 3.05) is 30.5 Å². The maximum Gasteiger partial charge on any atom is 0.262 e. The van der Waals surface area contributed by atoms with Crippen molar-refractivity contribution >= 4 is 29.1 Å². The number of carbonyl (C=O) groups excluding carboxylic acids is 3. The second-order valence-electron chi connectivity index (χ2n) is 9.18. The molecule has 1 saturated heterocycles. The van der Waals surface area contributed by atoms with Crippen molar-refractivity contribution in [1.29, 1.82) is 0 Å².